The van der Waals surface area contributed by atoms with Gasteiger partial charge in [-0.15, -0.1) is 11.3 Å². The summed E-state index contributed by atoms with van der Waals surface area (Å²) in [5.41, 5.74) is 7.13. The van der Waals surface area contributed by atoms with Crippen LogP contribution in [0.3, 0.4) is 0 Å². The van der Waals surface area contributed by atoms with Crippen LogP contribution in [-0.4, -0.2) is 14.4 Å². The maximum atomic E-state index is 5.09. The summed E-state index contributed by atoms with van der Waals surface area (Å²) in [6, 6.07) is 26.6. The number of thiophene rings is 1. The van der Waals surface area contributed by atoms with Gasteiger partial charge in [0, 0.05) is 55.0 Å². The van der Waals surface area contributed by atoms with Crippen molar-refractivity contribution in [2.24, 2.45) is 5.41 Å². The molecule has 3 aromatic carbocycles. The van der Waals surface area contributed by atoms with E-state index in [2.05, 4.69) is 98.0 Å². The predicted molar refractivity (Wildman–Crippen MR) is 158 cm³/mol. The summed E-state index contributed by atoms with van der Waals surface area (Å²) < 4.78 is 5.06. The fourth-order valence-electron chi connectivity index (χ4n) is 6.09. The van der Waals surface area contributed by atoms with Gasteiger partial charge in [-0.25, -0.2) is 4.98 Å². The largest absolute Gasteiger partial charge is 0.291 e. The summed E-state index contributed by atoms with van der Waals surface area (Å²) in [5, 5.41) is 7.66. The van der Waals surface area contributed by atoms with Gasteiger partial charge in [-0.2, -0.15) is 0 Å². The minimum Gasteiger partial charge on any atom is -0.291 e. The van der Waals surface area contributed by atoms with E-state index in [1.54, 1.807) is 0 Å². The maximum absolute atomic E-state index is 5.09. The van der Waals surface area contributed by atoms with Crippen LogP contribution in [0, 0.1) is 5.41 Å². The number of rotatable bonds is 2. The van der Waals surface area contributed by atoms with Crippen molar-refractivity contribution in [2.75, 3.05) is 0 Å². The van der Waals surface area contributed by atoms with Crippen LogP contribution >= 0.6 is 11.3 Å². The van der Waals surface area contributed by atoms with Crippen LogP contribution in [0.1, 0.15) is 26.3 Å². The highest BCUT2D eigenvalue weighted by Gasteiger charge is 2.21. The molecule has 178 valence electrons. The third kappa shape index (κ3) is 2.99. The van der Waals surface area contributed by atoms with E-state index >= 15 is 0 Å². The number of fused-ring (bicyclic) bond motifs is 10. The molecule has 0 unspecified atom stereocenters. The minimum atomic E-state index is 0.229. The summed E-state index contributed by atoms with van der Waals surface area (Å²) in [6.45, 7) is 6.82. The third-order valence-electron chi connectivity index (χ3n) is 7.52. The fraction of sp³-hybridized carbons (Fsp3) is 0.152. The zero-order valence-electron chi connectivity index (χ0n) is 21.0. The van der Waals surface area contributed by atoms with Gasteiger partial charge in [0.2, 0.25) is 0 Å². The Kier molecular flexibility index (Phi) is 4.15. The van der Waals surface area contributed by atoms with Crippen LogP contribution in [0.2, 0.25) is 0 Å². The highest BCUT2D eigenvalue weighted by Crippen LogP contribution is 2.45. The molecule has 0 aliphatic heterocycles. The lowest BCUT2D eigenvalue weighted by Crippen LogP contribution is -2.09. The van der Waals surface area contributed by atoms with Gasteiger partial charge < -0.3 is 0 Å². The van der Waals surface area contributed by atoms with Crippen LogP contribution in [0.25, 0.3) is 69.7 Å². The highest BCUT2D eigenvalue weighted by molar-refractivity contribution is 7.26. The Balaban J connectivity index is 1.44. The molecule has 0 saturated heterocycles. The quantitative estimate of drug-likeness (QED) is 0.239. The Morgan fingerprint density at radius 1 is 0.730 bits per heavy atom. The van der Waals surface area contributed by atoms with E-state index in [4.69, 9.17) is 9.97 Å². The van der Waals surface area contributed by atoms with Gasteiger partial charge >= 0.3 is 0 Å². The molecule has 0 N–H and O–H groups in total. The Bertz CT molecular complexity index is 2160. The van der Waals surface area contributed by atoms with Crippen molar-refractivity contribution in [1.29, 1.82) is 0 Å². The molecule has 5 aromatic heterocycles. The van der Waals surface area contributed by atoms with Gasteiger partial charge in [-0.1, -0.05) is 69.3 Å². The topological polar surface area (TPSA) is 30.2 Å². The number of aromatic nitrogens is 3. The first-order valence-electron chi connectivity index (χ1n) is 12.8. The summed E-state index contributed by atoms with van der Waals surface area (Å²) >= 11 is 1.88. The van der Waals surface area contributed by atoms with Crippen molar-refractivity contribution >= 4 is 69.7 Å². The summed E-state index contributed by atoms with van der Waals surface area (Å²) in [4.78, 5) is 9.81. The lowest BCUT2D eigenvalue weighted by Gasteiger charge is -2.18. The average molecular weight is 496 g/mol. The summed E-state index contributed by atoms with van der Waals surface area (Å²) in [5.74, 6) is 0. The molecule has 4 heteroatoms. The zero-order chi connectivity index (χ0) is 24.9. The molecule has 0 aliphatic carbocycles. The predicted octanol–water partition coefficient (Wildman–Crippen LogP) is 9.25. The Morgan fingerprint density at radius 2 is 1.49 bits per heavy atom. The molecule has 0 spiro atoms. The molecular formula is C33H25N3S. The smallest absolute Gasteiger partial charge is 0.145 e. The van der Waals surface area contributed by atoms with Crippen molar-refractivity contribution in [2.45, 2.75) is 27.2 Å². The van der Waals surface area contributed by atoms with Crippen molar-refractivity contribution < 1.29 is 0 Å². The second-order valence-corrected chi connectivity index (χ2v) is 12.4. The van der Waals surface area contributed by atoms with Gasteiger partial charge in [0.1, 0.15) is 5.65 Å². The molecule has 8 aromatic rings. The second-order valence-electron chi connectivity index (χ2n) is 11.4. The first kappa shape index (κ1) is 21.1. The fourth-order valence-corrected chi connectivity index (χ4v) is 7.33. The summed E-state index contributed by atoms with van der Waals surface area (Å²) in [7, 11) is 0. The molecule has 3 nitrogen and oxygen atoms in total. The number of hydrogen-bond donors (Lipinski definition) is 0. The van der Waals surface area contributed by atoms with Crippen LogP contribution < -0.4 is 0 Å². The van der Waals surface area contributed by atoms with E-state index in [0.717, 1.165) is 23.3 Å². The van der Waals surface area contributed by atoms with Crippen molar-refractivity contribution in [3.8, 4) is 11.3 Å². The van der Waals surface area contributed by atoms with Gasteiger partial charge in [0.25, 0.3) is 0 Å². The first-order valence-corrected chi connectivity index (χ1v) is 13.6. The van der Waals surface area contributed by atoms with Crippen LogP contribution in [-0.2, 0) is 6.42 Å². The van der Waals surface area contributed by atoms with Gasteiger partial charge in [-0.05, 0) is 41.7 Å². The molecule has 37 heavy (non-hydrogen) atoms. The molecule has 0 aliphatic rings. The van der Waals surface area contributed by atoms with Gasteiger partial charge in [0.15, 0.2) is 0 Å². The second kappa shape index (κ2) is 7.27. The number of hydrogen-bond acceptors (Lipinski definition) is 3. The van der Waals surface area contributed by atoms with E-state index in [9.17, 15) is 0 Å². The van der Waals surface area contributed by atoms with Gasteiger partial charge in [0.05, 0.1) is 21.4 Å². The third-order valence-corrected chi connectivity index (χ3v) is 8.71. The maximum Gasteiger partial charge on any atom is 0.145 e. The lowest BCUT2D eigenvalue weighted by atomic mass is 9.88. The number of benzene rings is 3. The number of nitrogens with zero attached hydrogens (tertiary/aromatic N) is 3. The van der Waals surface area contributed by atoms with Gasteiger partial charge in [-0.3, -0.25) is 9.38 Å². The molecule has 0 amide bonds. The standard InChI is InChI=1S/C33H25N3S/c1-33(2,3)17-19-13-14-34-27(15-19)20-16-26-23-9-6-8-22-24-11-12-25-21-7-4-5-10-28(21)37-31(25)30(24)36(29(22)23)32(26)35-18-20/h4-16,18H,17H2,1-3H3. The van der Waals surface area contributed by atoms with Crippen molar-refractivity contribution in [1.82, 2.24) is 14.4 Å². The number of pyridine rings is 2. The number of para-hydroxylation sites is 1. The average Bonchev–Trinajstić information content (AvgIpc) is 3.54. The molecule has 0 atom stereocenters. The van der Waals surface area contributed by atoms with Crippen molar-refractivity contribution in [3.63, 3.8) is 0 Å². The monoisotopic (exact) mass is 495 g/mol. The van der Waals surface area contributed by atoms with E-state index in [-0.39, 0.29) is 5.41 Å². The zero-order valence-corrected chi connectivity index (χ0v) is 21.9. The molecule has 8 rings (SSSR count). The molecule has 0 saturated carbocycles. The van der Waals surface area contributed by atoms with Crippen LogP contribution in [0.5, 0.6) is 0 Å². The Morgan fingerprint density at radius 3 is 2.35 bits per heavy atom. The molecule has 0 fully saturated rings. The highest BCUT2D eigenvalue weighted by atomic mass is 32.1. The molecule has 5 heterocycles. The van der Waals surface area contributed by atoms with E-state index in [0.29, 0.717) is 0 Å². The SMILES string of the molecule is CC(C)(C)Cc1ccnc(-c2cnc3c(c2)c2cccc4c5ccc6c7ccccc7sc6c5n3c24)c1. The van der Waals surface area contributed by atoms with Crippen LogP contribution in [0.15, 0.2) is 85.2 Å². The molecule has 0 radical (unpaired) electrons. The summed E-state index contributed by atoms with van der Waals surface area (Å²) in [6.07, 6.45) is 4.94. The normalized spacial score (nSPS) is 12.8. The first-order chi connectivity index (χ1) is 18.0. The van der Waals surface area contributed by atoms with E-state index < -0.39 is 0 Å². The Hall–Kier alpha value is -4.02. The van der Waals surface area contributed by atoms with Crippen LogP contribution in [0.4, 0.5) is 0 Å². The molecular weight excluding hydrogens is 470 g/mol. The van der Waals surface area contributed by atoms with E-state index in [1.165, 1.54) is 58.3 Å². The Labute approximate surface area is 218 Å². The van der Waals surface area contributed by atoms with E-state index in [1.807, 2.05) is 23.7 Å². The molecule has 0 bridgehead atoms. The van der Waals surface area contributed by atoms with Crippen molar-refractivity contribution in [3.05, 3.63) is 90.8 Å². The lowest BCUT2D eigenvalue weighted by molar-refractivity contribution is 0.411. The minimum absolute atomic E-state index is 0.229.